The first kappa shape index (κ1) is 19.5. The molecule has 0 aliphatic carbocycles. The molecule has 1 atom stereocenters. The first-order valence-electron chi connectivity index (χ1n) is 9.04. The molecular formula is C21H17Cl2N3O3. The fraction of sp³-hybridized carbons (Fsp3) is 0.190. The van der Waals surface area contributed by atoms with Crippen molar-refractivity contribution < 1.29 is 14.0 Å². The predicted molar refractivity (Wildman–Crippen MR) is 109 cm³/mol. The number of nitrogens with zero attached hydrogens (tertiary/aromatic N) is 2. The highest BCUT2D eigenvalue weighted by atomic mass is 35.5. The Morgan fingerprint density at radius 3 is 2.28 bits per heavy atom. The van der Waals surface area contributed by atoms with Gasteiger partial charge in [-0.05, 0) is 48.4 Å². The van der Waals surface area contributed by atoms with Crippen LogP contribution < -0.4 is 5.32 Å². The van der Waals surface area contributed by atoms with Gasteiger partial charge in [-0.2, -0.15) is 0 Å². The van der Waals surface area contributed by atoms with E-state index in [2.05, 4.69) is 10.3 Å². The van der Waals surface area contributed by atoms with Crippen LogP contribution in [-0.4, -0.2) is 21.8 Å². The summed E-state index contributed by atoms with van der Waals surface area (Å²) in [5, 5.41) is 4.00. The first-order chi connectivity index (χ1) is 13.9. The second-order valence-electron chi connectivity index (χ2n) is 6.71. The number of benzene rings is 2. The lowest BCUT2D eigenvalue weighted by Gasteiger charge is -2.25. The summed E-state index contributed by atoms with van der Waals surface area (Å²) in [7, 11) is 0. The fourth-order valence-electron chi connectivity index (χ4n) is 3.41. The van der Waals surface area contributed by atoms with E-state index in [0.717, 1.165) is 10.5 Å². The summed E-state index contributed by atoms with van der Waals surface area (Å²) in [5.74, 6) is 0.447. The zero-order valence-electron chi connectivity index (χ0n) is 15.5. The van der Waals surface area contributed by atoms with Crippen LogP contribution in [0.25, 0.3) is 11.3 Å². The van der Waals surface area contributed by atoms with Crippen molar-refractivity contribution in [2.75, 3.05) is 0 Å². The number of carbonyl (C=O) groups excluding carboxylic acids is 2. The summed E-state index contributed by atoms with van der Waals surface area (Å²) in [6.07, 6.45) is 1.96. The molecule has 4 rings (SSSR count). The normalized spacial score (nSPS) is 18.9. The van der Waals surface area contributed by atoms with Crippen molar-refractivity contribution in [1.29, 1.82) is 0 Å². The van der Waals surface area contributed by atoms with Gasteiger partial charge in [-0.3, -0.25) is 9.69 Å². The standard InChI is InChI=1S/C21H17Cl2N3O3/c1-2-21(14-5-9-16(23)10-6-14)19(27)26(20(28)25-21)12-18-24-11-17(29-18)13-3-7-15(22)8-4-13/h3-11H,2,12H2,1H3,(H,25,28). The molecule has 29 heavy (non-hydrogen) atoms. The molecule has 1 unspecified atom stereocenters. The van der Waals surface area contributed by atoms with Gasteiger partial charge < -0.3 is 9.73 Å². The Kier molecular flexibility index (Phi) is 5.06. The Balaban J connectivity index is 1.58. The SMILES string of the molecule is CCC1(c2ccc(Cl)cc2)NC(=O)N(Cc2ncc(-c3ccc(Cl)cc3)o2)C1=O. The predicted octanol–water partition coefficient (Wildman–Crippen LogP) is 5.01. The monoisotopic (exact) mass is 429 g/mol. The van der Waals surface area contributed by atoms with Crippen LogP contribution in [0.3, 0.4) is 0 Å². The van der Waals surface area contributed by atoms with Gasteiger partial charge in [-0.25, -0.2) is 9.78 Å². The van der Waals surface area contributed by atoms with Crippen molar-refractivity contribution >= 4 is 35.1 Å². The van der Waals surface area contributed by atoms with Gasteiger partial charge in [0.15, 0.2) is 5.76 Å². The van der Waals surface area contributed by atoms with Crippen LogP contribution in [0.1, 0.15) is 24.8 Å². The van der Waals surface area contributed by atoms with Gasteiger partial charge in [0.1, 0.15) is 12.1 Å². The molecule has 3 amide bonds. The maximum atomic E-state index is 13.2. The summed E-state index contributed by atoms with van der Waals surface area (Å²) in [6.45, 7) is 1.79. The zero-order chi connectivity index (χ0) is 20.6. The summed E-state index contributed by atoms with van der Waals surface area (Å²) in [5.41, 5.74) is 0.349. The third-order valence-electron chi connectivity index (χ3n) is 5.02. The number of oxazole rings is 1. The van der Waals surface area contributed by atoms with E-state index in [9.17, 15) is 9.59 Å². The molecule has 1 saturated heterocycles. The molecule has 2 heterocycles. The minimum Gasteiger partial charge on any atom is -0.439 e. The van der Waals surface area contributed by atoms with E-state index in [1.165, 1.54) is 0 Å². The molecule has 2 aromatic carbocycles. The lowest BCUT2D eigenvalue weighted by atomic mass is 9.87. The Morgan fingerprint density at radius 2 is 1.66 bits per heavy atom. The number of hydrogen-bond acceptors (Lipinski definition) is 4. The molecule has 1 aromatic heterocycles. The number of imide groups is 1. The van der Waals surface area contributed by atoms with Gasteiger partial charge in [0.05, 0.1) is 6.20 Å². The van der Waals surface area contributed by atoms with Gasteiger partial charge in [0.25, 0.3) is 5.91 Å². The molecule has 8 heteroatoms. The molecule has 3 aromatic rings. The Morgan fingerprint density at radius 1 is 1.03 bits per heavy atom. The molecule has 0 spiro atoms. The van der Waals surface area contributed by atoms with E-state index in [-0.39, 0.29) is 18.3 Å². The van der Waals surface area contributed by atoms with Crippen molar-refractivity contribution in [2.45, 2.75) is 25.4 Å². The van der Waals surface area contributed by atoms with Crippen LogP contribution in [0, 0.1) is 0 Å². The van der Waals surface area contributed by atoms with Crippen LogP contribution in [-0.2, 0) is 16.9 Å². The molecule has 1 fully saturated rings. The number of halogens is 2. The highest BCUT2D eigenvalue weighted by molar-refractivity contribution is 6.30. The number of rotatable bonds is 5. The van der Waals surface area contributed by atoms with E-state index >= 15 is 0 Å². The second-order valence-corrected chi connectivity index (χ2v) is 7.59. The minimum atomic E-state index is -1.13. The molecular weight excluding hydrogens is 413 g/mol. The number of hydrogen-bond donors (Lipinski definition) is 1. The van der Waals surface area contributed by atoms with Gasteiger partial charge in [-0.15, -0.1) is 0 Å². The van der Waals surface area contributed by atoms with E-state index in [1.807, 2.05) is 19.1 Å². The Hall–Kier alpha value is -2.83. The fourth-order valence-corrected chi connectivity index (χ4v) is 3.66. The van der Waals surface area contributed by atoms with E-state index < -0.39 is 11.6 Å². The van der Waals surface area contributed by atoms with E-state index in [1.54, 1.807) is 42.6 Å². The quantitative estimate of drug-likeness (QED) is 0.578. The van der Waals surface area contributed by atoms with Crippen LogP contribution in [0.5, 0.6) is 0 Å². The smallest absolute Gasteiger partial charge is 0.325 e. The highest BCUT2D eigenvalue weighted by Gasteiger charge is 2.51. The lowest BCUT2D eigenvalue weighted by molar-refractivity contribution is -0.132. The molecule has 1 N–H and O–H groups in total. The number of carbonyl (C=O) groups is 2. The Labute approximate surface area is 177 Å². The molecule has 0 bridgehead atoms. The van der Waals surface area contributed by atoms with Crippen molar-refractivity contribution in [3.05, 3.63) is 76.2 Å². The Bertz CT molecular complexity index is 1060. The minimum absolute atomic E-state index is 0.0619. The van der Waals surface area contributed by atoms with Gasteiger partial charge >= 0.3 is 6.03 Å². The average molecular weight is 430 g/mol. The summed E-state index contributed by atoms with van der Waals surface area (Å²) < 4.78 is 5.75. The van der Waals surface area contributed by atoms with E-state index in [0.29, 0.717) is 27.8 Å². The maximum Gasteiger partial charge on any atom is 0.325 e. The van der Waals surface area contributed by atoms with Gasteiger partial charge in [0.2, 0.25) is 5.89 Å². The van der Waals surface area contributed by atoms with Gasteiger partial charge in [0, 0.05) is 15.6 Å². The topological polar surface area (TPSA) is 75.4 Å². The third-order valence-corrected chi connectivity index (χ3v) is 5.52. The summed E-state index contributed by atoms with van der Waals surface area (Å²) in [4.78, 5) is 31.1. The van der Waals surface area contributed by atoms with Crippen molar-refractivity contribution in [2.24, 2.45) is 0 Å². The molecule has 1 aliphatic heterocycles. The number of nitrogens with one attached hydrogen (secondary N) is 1. The van der Waals surface area contributed by atoms with Crippen molar-refractivity contribution in [1.82, 2.24) is 15.2 Å². The number of amides is 3. The number of urea groups is 1. The van der Waals surface area contributed by atoms with Crippen molar-refractivity contribution in [3.63, 3.8) is 0 Å². The summed E-state index contributed by atoms with van der Waals surface area (Å²) in [6, 6.07) is 13.5. The molecule has 148 valence electrons. The molecule has 1 aliphatic rings. The van der Waals surface area contributed by atoms with Crippen LogP contribution in [0.4, 0.5) is 4.79 Å². The third kappa shape index (κ3) is 3.50. The second kappa shape index (κ2) is 7.54. The highest BCUT2D eigenvalue weighted by Crippen LogP contribution is 2.34. The lowest BCUT2D eigenvalue weighted by Crippen LogP contribution is -2.43. The van der Waals surface area contributed by atoms with Crippen LogP contribution in [0.2, 0.25) is 10.0 Å². The van der Waals surface area contributed by atoms with Gasteiger partial charge in [-0.1, -0.05) is 42.3 Å². The molecule has 6 nitrogen and oxygen atoms in total. The summed E-state index contributed by atoms with van der Waals surface area (Å²) >= 11 is 11.9. The first-order valence-corrected chi connectivity index (χ1v) is 9.79. The van der Waals surface area contributed by atoms with E-state index in [4.69, 9.17) is 27.6 Å². The number of aromatic nitrogens is 1. The van der Waals surface area contributed by atoms with Crippen LogP contribution in [0.15, 0.2) is 59.1 Å². The van der Waals surface area contributed by atoms with Crippen LogP contribution >= 0.6 is 23.2 Å². The maximum absolute atomic E-state index is 13.2. The average Bonchev–Trinajstić information content (AvgIpc) is 3.28. The van der Waals surface area contributed by atoms with Crippen molar-refractivity contribution in [3.8, 4) is 11.3 Å². The largest absolute Gasteiger partial charge is 0.439 e. The zero-order valence-corrected chi connectivity index (χ0v) is 17.0. The molecule has 0 radical (unpaired) electrons. The molecule has 0 saturated carbocycles.